The van der Waals surface area contributed by atoms with Gasteiger partial charge in [-0.2, -0.15) is 5.10 Å². The Morgan fingerprint density at radius 1 is 1.26 bits per heavy atom. The topological polar surface area (TPSA) is 41.5 Å². The minimum absolute atomic E-state index is 0.192. The Morgan fingerprint density at radius 2 is 2.04 bits per heavy atom. The van der Waals surface area contributed by atoms with E-state index in [1.165, 1.54) is 6.21 Å². The van der Waals surface area contributed by atoms with E-state index in [-0.39, 0.29) is 12.3 Å². The molecule has 7 heteroatoms. The van der Waals surface area contributed by atoms with Crippen LogP contribution >= 0.6 is 46.6 Å². The summed E-state index contributed by atoms with van der Waals surface area (Å²) in [5.74, 6) is -0.239. The number of amides is 1. The lowest BCUT2D eigenvalue weighted by Crippen LogP contribution is -2.20. The predicted octanol–water partition coefficient (Wildman–Crippen LogP) is 5.06. The van der Waals surface area contributed by atoms with Crippen molar-refractivity contribution in [3.05, 3.63) is 62.6 Å². The van der Waals surface area contributed by atoms with E-state index in [1.807, 2.05) is 12.3 Å². The average molecular weight is 388 g/mol. The molecule has 0 bridgehead atoms. The van der Waals surface area contributed by atoms with E-state index < -0.39 is 0 Å². The molecule has 0 radical (unpaired) electrons. The Bertz CT molecular complexity index is 750. The molecule has 3 nitrogen and oxygen atoms in total. The summed E-state index contributed by atoms with van der Waals surface area (Å²) in [4.78, 5) is 13.0. The molecule has 0 fully saturated rings. The van der Waals surface area contributed by atoms with E-state index >= 15 is 0 Å². The van der Waals surface area contributed by atoms with Crippen LogP contribution in [-0.4, -0.2) is 18.4 Å². The third kappa shape index (κ3) is 5.15. The van der Waals surface area contributed by atoms with Gasteiger partial charge < -0.3 is 0 Å². The first kappa shape index (κ1) is 18.1. The van der Waals surface area contributed by atoms with E-state index in [2.05, 4.69) is 10.5 Å². The lowest BCUT2D eigenvalue weighted by molar-refractivity contribution is -0.120. The second-order valence-corrected chi connectivity index (χ2v) is 6.64. The van der Waals surface area contributed by atoms with Gasteiger partial charge in [-0.15, -0.1) is 11.8 Å². The lowest BCUT2D eigenvalue weighted by Gasteiger charge is -2.07. The standard InChI is InChI=1S/C16H13Cl3N2OS/c1-23-14-6-5-12(17)7-11(14)8-15(22)21-20-9-10-3-2-4-13(18)16(10)19/h2-7,9H,8H2,1H3,(H,21,22)/b20-9-. The number of nitrogens with zero attached hydrogens (tertiary/aromatic N) is 1. The molecule has 2 rings (SSSR count). The molecule has 1 amide bonds. The summed E-state index contributed by atoms with van der Waals surface area (Å²) in [7, 11) is 0. The minimum atomic E-state index is -0.239. The van der Waals surface area contributed by atoms with Crippen molar-refractivity contribution in [2.45, 2.75) is 11.3 Å². The molecule has 0 spiro atoms. The molecular formula is C16H13Cl3N2OS. The van der Waals surface area contributed by atoms with Crippen LogP contribution in [0.25, 0.3) is 0 Å². The van der Waals surface area contributed by atoms with Gasteiger partial charge in [-0.3, -0.25) is 4.79 Å². The summed E-state index contributed by atoms with van der Waals surface area (Å²) in [5.41, 5.74) is 3.96. The number of nitrogens with one attached hydrogen (secondary N) is 1. The Labute approximate surface area is 154 Å². The van der Waals surface area contributed by atoms with Crippen LogP contribution in [0.3, 0.4) is 0 Å². The summed E-state index contributed by atoms with van der Waals surface area (Å²) in [6.07, 6.45) is 3.60. The van der Waals surface area contributed by atoms with Gasteiger partial charge in [0.25, 0.3) is 0 Å². The van der Waals surface area contributed by atoms with Crippen LogP contribution in [0.5, 0.6) is 0 Å². The van der Waals surface area contributed by atoms with Crippen molar-refractivity contribution in [1.29, 1.82) is 0 Å². The van der Waals surface area contributed by atoms with Crippen LogP contribution in [-0.2, 0) is 11.2 Å². The summed E-state index contributed by atoms with van der Waals surface area (Å²) in [6.45, 7) is 0. The zero-order valence-corrected chi connectivity index (χ0v) is 15.2. The Balaban J connectivity index is 2.02. The monoisotopic (exact) mass is 386 g/mol. The molecule has 2 aromatic carbocycles. The van der Waals surface area contributed by atoms with Crippen LogP contribution in [0.2, 0.25) is 15.1 Å². The number of rotatable bonds is 5. The first-order chi connectivity index (χ1) is 11.0. The van der Waals surface area contributed by atoms with E-state index in [0.717, 1.165) is 10.5 Å². The summed E-state index contributed by atoms with van der Waals surface area (Å²) >= 11 is 19.5. The number of hydrogen-bond acceptors (Lipinski definition) is 3. The lowest BCUT2D eigenvalue weighted by atomic mass is 10.1. The number of benzene rings is 2. The van der Waals surface area contributed by atoms with Crippen LogP contribution in [0.15, 0.2) is 46.4 Å². The molecular weight excluding hydrogens is 375 g/mol. The molecule has 0 heterocycles. The fourth-order valence-corrected chi connectivity index (χ4v) is 3.04. The van der Waals surface area contributed by atoms with E-state index in [1.54, 1.807) is 42.1 Å². The second-order valence-electron chi connectivity index (χ2n) is 4.57. The molecule has 0 saturated heterocycles. The van der Waals surface area contributed by atoms with Gasteiger partial charge in [-0.1, -0.05) is 46.9 Å². The van der Waals surface area contributed by atoms with Crippen molar-refractivity contribution in [3.8, 4) is 0 Å². The average Bonchev–Trinajstić information content (AvgIpc) is 2.52. The van der Waals surface area contributed by atoms with Gasteiger partial charge in [-0.25, -0.2) is 5.43 Å². The van der Waals surface area contributed by atoms with Gasteiger partial charge in [0.2, 0.25) is 5.91 Å². The number of carbonyl (C=O) groups is 1. The second kappa shape index (κ2) is 8.60. The van der Waals surface area contributed by atoms with Gasteiger partial charge in [0, 0.05) is 15.5 Å². The van der Waals surface area contributed by atoms with Crippen LogP contribution < -0.4 is 5.43 Å². The van der Waals surface area contributed by atoms with Crippen LogP contribution in [0, 0.1) is 0 Å². The van der Waals surface area contributed by atoms with E-state index in [4.69, 9.17) is 34.8 Å². The maximum atomic E-state index is 12.0. The third-order valence-corrected chi connectivity index (χ3v) is 4.87. The molecule has 0 aliphatic carbocycles. The summed E-state index contributed by atoms with van der Waals surface area (Å²) in [5, 5.41) is 5.34. The first-order valence-electron chi connectivity index (χ1n) is 6.59. The zero-order valence-electron chi connectivity index (χ0n) is 12.1. The largest absolute Gasteiger partial charge is 0.273 e. The fourth-order valence-electron chi connectivity index (χ4n) is 1.89. The molecule has 0 atom stereocenters. The molecule has 0 saturated carbocycles. The van der Waals surface area contributed by atoms with Gasteiger partial charge in [-0.05, 0) is 36.1 Å². The highest BCUT2D eigenvalue weighted by atomic mass is 35.5. The first-order valence-corrected chi connectivity index (χ1v) is 8.95. The van der Waals surface area contributed by atoms with Crippen molar-refractivity contribution < 1.29 is 4.79 Å². The zero-order chi connectivity index (χ0) is 16.8. The van der Waals surface area contributed by atoms with E-state index in [9.17, 15) is 4.79 Å². The summed E-state index contributed by atoms with van der Waals surface area (Å²) in [6, 6.07) is 10.7. The molecule has 0 aliphatic heterocycles. The number of halogens is 3. The number of hydrogen-bond donors (Lipinski definition) is 1. The molecule has 0 unspecified atom stereocenters. The number of thioether (sulfide) groups is 1. The maximum absolute atomic E-state index is 12.0. The Morgan fingerprint density at radius 3 is 2.78 bits per heavy atom. The van der Waals surface area contributed by atoms with Crippen LogP contribution in [0.4, 0.5) is 0 Å². The van der Waals surface area contributed by atoms with Crippen LogP contribution in [0.1, 0.15) is 11.1 Å². The molecule has 0 aliphatic rings. The maximum Gasteiger partial charge on any atom is 0.244 e. The normalized spacial score (nSPS) is 11.0. The molecule has 0 aromatic heterocycles. The van der Waals surface area contributed by atoms with Crippen molar-refractivity contribution in [1.82, 2.24) is 5.43 Å². The molecule has 2 aromatic rings. The SMILES string of the molecule is CSc1ccc(Cl)cc1CC(=O)N/N=C\c1cccc(Cl)c1Cl. The molecule has 120 valence electrons. The third-order valence-electron chi connectivity index (χ3n) is 2.97. The van der Waals surface area contributed by atoms with Crippen molar-refractivity contribution in [2.75, 3.05) is 6.26 Å². The molecule has 1 N–H and O–H groups in total. The number of hydrazone groups is 1. The highest BCUT2D eigenvalue weighted by molar-refractivity contribution is 7.98. The number of carbonyl (C=O) groups excluding carboxylic acids is 1. The highest BCUT2D eigenvalue weighted by Gasteiger charge is 2.08. The quantitative estimate of drug-likeness (QED) is 0.442. The minimum Gasteiger partial charge on any atom is -0.273 e. The Hall–Kier alpha value is -1.20. The van der Waals surface area contributed by atoms with Crippen molar-refractivity contribution in [3.63, 3.8) is 0 Å². The van der Waals surface area contributed by atoms with Gasteiger partial charge in [0.15, 0.2) is 0 Å². The smallest absolute Gasteiger partial charge is 0.244 e. The fraction of sp³-hybridized carbons (Fsp3) is 0.125. The van der Waals surface area contributed by atoms with E-state index in [0.29, 0.717) is 20.6 Å². The van der Waals surface area contributed by atoms with Crippen molar-refractivity contribution in [2.24, 2.45) is 5.10 Å². The van der Waals surface area contributed by atoms with Crippen molar-refractivity contribution >= 4 is 58.7 Å². The van der Waals surface area contributed by atoms with Gasteiger partial charge in [0.05, 0.1) is 22.7 Å². The Kier molecular flexibility index (Phi) is 6.78. The van der Waals surface area contributed by atoms with Gasteiger partial charge >= 0.3 is 0 Å². The summed E-state index contributed by atoms with van der Waals surface area (Å²) < 4.78 is 0. The predicted molar refractivity (Wildman–Crippen MR) is 99.1 cm³/mol. The molecule has 23 heavy (non-hydrogen) atoms. The van der Waals surface area contributed by atoms with Gasteiger partial charge in [0.1, 0.15) is 0 Å². The highest BCUT2D eigenvalue weighted by Crippen LogP contribution is 2.25.